The van der Waals surface area contributed by atoms with Crippen molar-refractivity contribution in [2.24, 2.45) is 0 Å². The SMILES string of the molecule is CCCCCC=C(C)[c-]1c2cc(C)ccc2c2ccc(C)cc21.CCCCCC=C(C)[c-]1c2cc(C)ccc2c2ccc(C)cc21.CCCl.[Ti].[Ti]. The van der Waals surface area contributed by atoms with Crippen LogP contribution in [0, 0.1) is 27.7 Å². The Hall–Kier alpha value is -2.18. The summed E-state index contributed by atoms with van der Waals surface area (Å²) >= 11 is 5.00. The van der Waals surface area contributed by atoms with Crippen LogP contribution in [0.1, 0.15) is 119 Å². The molecule has 0 radical (unpaired) electrons. The molecule has 0 aliphatic rings. The summed E-state index contributed by atoms with van der Waals surface area (Å²) in [6, 6.07) is 27.5. The Bertz CT molecular complexity index is 1780. The number of hydrogen-bond acceptors (Lipinski definition) is 0. The van der Waals surface area contributed by atoms with Crippen LogP contribution in [0.15, 0.2) is 84.9 Å². The van der Waals surface area contributed by atoms with Gasteiger partial charge in [0.05, 0.1) is 0 Å². The quantitative estimate of drug-likeness (QED) is 0.0564. The zero-order valence-electron chi connectivity index (χ0n) is 32.8. The van der Waals surface area contributed by atoms with Gasteiger partial charge >= 0.3 is 0 Å². The van der Waals surface area contributed by atoms with Gasteiger partial charge in [0.2, 0.25) is 0 Å². The van der Waals surface area contributed by atoms with Crippen molar-refractivity contribution in [2.75, 3.05) is 5.88 Å². The second-order valence-corrected chi connectivity index (χ2v) is 14.5. The molecule has 0 atom stereocenters. The minimum absolute atomic E-state index is 0. The van der Waals surface area contributed by atoms with Crippen LogP contribution in [-0.4, -0.2) is 5.88 Å². The van der Waals surface area contributed by atoms with Crippen LogP contribution in [-0.2, 0) is 43.4 Å². The van der Waals surface area contributed by atoms with Gasteiger partial charge in [-0.15, -0.1) is 59.2 Å². The second-order valence-electron chi connectivity index (χ2n) is 14.0. The molecule has 0 unspecified atom stereocenters. The molecule has 51 heavy (non-hydrogen) atoms. The molecule has 6 rings (SSSR count). The van der Waals surface area contributed by atoms with E-state index in [1.165, 1.54) is 139 Å². The van der Waals surface area contributed by atoms with Crippen LogP contribution >= 0.6 is 11.6 Å². The second kappa shape index (κ2) is 22.1. The van der Waals surface area contributed by atoms with E-state index in [1.807, 2.05) is 6.92 Å². The Balaban J connectivity index is 0.000000317. The van der Waals surface area contributed by atoms with E-state index in [1.54, 1.807) is 0 Å². The molecule has 0 heterocycles. The summed E-state index contributed by atoms with van der Waals surface area (Å²) in [7, 11) is 0. The van der Waals surface area contributed by atoms with E-state index >= 15 is 0 Å². The fraction of sp³-hybridized carbons (Fsp3) is 0.375. The Morgan fingerprint density at radius 2 is 0.745 bits per heavy atom. The molecule has 0 aliphatic carbocycles. The maximum atomic E-state index is 5.00. The minimum atomic E-state index is 0. The summed E-state index contributed by atoms with van der Waals surface area (Å²) in [6.45, 7) is 19.7. The average Bonchev–Trinajstić information content (AvgIpc) is 3.56. The smallest absolute Gasteiger partial charge is 0.0195 e. The van der Waals surface area contributed by atoms with Crippen LogP contribution in [0.3, 0.4) is 0 Å². The normalized spacial score (nSPS) is 11.6. The molecule has 0 nitrogen and oxygen atoms in total. The number of hydrogen-bond donors (Lipinski definition) is 0. The van der Waals surface area contributed by atoms with E-state index in [2.05, 4.69) is 140 Å². The maximum Gasteiger partial charge on any atom is 0.0195 e. The van der Waals surface area contributed by atoms with E-state index < -0.39 is 0 Å². The number of unbranched alkanes of at least 4 members (excludes halogenated alkanes) is 6. The van der Waals surface area contributed by atoms with Crippen molar-refractivity contribution >= 4 is 65.8 Å². The van der Waals surface area contributed by atoms with Crippen molar-refractivity contribution in [3.8, 4) is 0 Å². The van der Waals surface area contributed by atoms with Gasteiger partial charge < -0.3 is 0 Å². The van der Waals surface area contributed by atoms with Gasteiger partial charge in [0.1, 0.15) is 0 Å². The third kappa shape index (κ3) is 11.4. The molecule has 6 aromatic carbocycles. The van der Waals surface area contributed by atoms with Crippen LogP contribution in [0.2, 0.25) is 0 Å². The fourth-order valence-electron chi connectivity index (χ4n) is 7.17. The summed E-state index contributed by atoms with van der Waals surface area (Å²) in [4.78, 5) is 0. The molecule has 0 aromatic heterocycles. The molecular formula is C48H59ClTi2-2. The van der Waals surface area contributed by atoms with E-state index in [0.29, 0.717) is 0 Å². The first-order chi connectivity index (χ1) is 23.6. The summed E-state index contributed by atoms with van der Waals surface area (Å²) in [5.74, 6) is 0.722. The van der Waals surface area contributed by atoms with Gasteiger partial charge in [-0.1, -0.05) is 211 Å². The molecular weight excluding hydrogens is 708 g/mol. The Kier molecular flexibility index (Phi) is 19.5. The van der Waals surface area contributed by atoms with Crippen LogP contribution in [0.4, 0.5) is 0 Å². The van der Waals surface area contributed by atoms with E-state index in [9.17, 15) is 0 Å². The predicted octanol–water partition coefficient (Wildman–Crippen LogP) is 15.9. The standard InChI is InChI=1S/2C23H27.C2H5Cl.2Ti/c2*1-5-6-7-8-9-18(4)23-21-14-16(2)10-12-19(21)20-13-11-17(3)15-22(20)23;1-2-3;;/h2*9-15H,5-8H2,1-4H3;2H2,1H3;;/q2*-1;;;. The third-order valence-electron chi connectivity index (χ3n) is 9.66. The summed E-state index contributed by atoms with van der Waals surface area (Å²) in [6.07, 6.45) is 15.1. The minimum Gasteiger partial charge on any atom is -0.127 e. The number of alkyl halides is 1. The molecule has 0 amide bonds. The Labute approximate surface area is 344 Å². The first-order valence-electron chi connectivity index (χ1n) is 18.7. The van der Waals surface area contributed by atoms with Crippen molar-refractivity contribution in [3.63, 3.8) is 0 Å². The van der Waals surface area contributed by atoms with Crippen molar-refractivity contribution in [3.05, 3.63) is 118 Å². The molecule has 0 saturated heterocycles. The Morgan fingerprint density at radius 1 is 0.490 bits per heavy atom. The number of allylic oxidation sites excluding steroid dienone is 4. The van der Waals surface area contributed by atoms with Gasteiger partial charge in [-0.25, -0.2) is 0 Å². The molecule has 0 aliphatic heterocycles. The first kappa shape index (κ1) is 45.0. The van der Waals surface area contributed by atoms with Gasteiger partial charge in [-0.05, 0) is 27.7 Å². The van der Waals surface area contributed by atoms with Crippen LogP contribution in [0.5, 0.6) is 0 Å². The molecule has 3 heteroatoms. The van der Waals surface area contributed by atoms with Crippen molar-refractivity contribution in [2.45, 2.75) is 114 Å². The third-order valence-corrected chi connectivity index (χ3v) is 9.66. The maximum absolute atomic E-state index is 5.00. The van der Waals surface area contributed by atoms with Crippen molar-refractivity contribution < 1.29 is 43.4 Å². The topological polar surface area (TPSA) is 0 Å². The van der Waals surface area contributed by atoms with Crippen LogP contribution < -0.4 is 0 Å². The molecule has 0 spiro atoms. The average molecular weight is 767 g/mol. The molecule has 268 valence electrons. The van der Waals surface area contributed by atoms with E-state index in [-0.39, 0.29) is 43.4 Å². The van der Waals surface area contributed by atoms with E-state index in [0.717, 1.165) is 5.88 Å². The van der Waals surface area contributed by atoms with Gasteiger partial charge in [0.25, 0.3) is 0 Å². The molecule has 0 N–H and O–H groups in total. The van der Waals surface area contributed by atoms with Crippen LogP contribution in [0.25, 0.3) is 54.2 Å². The molecule has 0 saturated carbocycles. The molecule has 0 bridgehead atoms. The fourth-order valence-corrected chi connectivity index (χ4v) is 7.17. The zero-order valence-corrected chi connectivity index (χ0v) is 36.7. The zero-order chi connectivity index (χ0) is 35.5. The summed E-state index contributed by atoms with van der Waals surface area (Å²) in [5.41, 5.74) is 11.1. The van der Waals surface area contributed by atoms with Crippen molar-refractivity contribution in [1.82, 2.24) is 0 Å². The predicted molar refractivity (Wildman–Crippen MR) is 225 cm³/mol. The van der Waals surface area contributed by atoms with Gasteiger partial charge in [-0.2, -0.15) is 0 Å². The van der Waals surface area contributed by atoms with Gasteiger partial charge in [0.15, 0.2) is 0 Å². The molecule has 6 aromatic rings. The molecule has 0 fully saturated rings. The first-order valence-corrected chi connectivity index (χ1v) is 19.3. The number of fused-ring (bicyclic) bond motifs is 6. The van der Waals surface area contributed by atoms with Gasteiger partial charge in [0, 0.05) is 49.3 Å². The summed E-state index contributed by atoms with van der Waals surface area (Å²) in [5, 5.41) is 11.2. The Morgan fingerprint density at radius 3 is 0.980 bits per heavy atom. The number of aryl methyl sites for hydroxylation is 4. The largest absolute Gasteiger partial charge is 0.127 e. The monoisotopic (exact) mass is 766 g/mol. The number of halogens is 1. The number of rotatable bonds is 10. The van der Waals surface area contributed by atoms with Crippen molar-refractivity contribution in [1.29, 1.82) is 0 Å². The van der Waals surface area contributed by atoms with E-state index in [4.69, 9.17) is 11.6 Å². The number of benzene rings is 4. The van der Waals surface area contributed by atoms with Gasteiger partial charge in [-0.3, -0.25) is 0 Å². The summed E-state index contributed by atoms with van der Waals surface area (Å²) < 4.78 is 0.